The van der Waals surface area contributed by atoms with Gasteiger partial charge in [0.1, 0.15) is 5.54 Å². The lowest BCUT2D eigenvalue weighted by Gasteiger charge is -2.28. The second-order valence-electron chi connectivity index (χ2n) is 7.49. The van der Waals surface area contributed by atoms with Crippen molar-refractivity contribution in [2.75, 3.05) is 5.32 Å². The largest absolute Gasteiger partial charge is 0.337 e. The van der Waals surface area contributed by atoms with Crippen molar-refractivity contribution < 1.29 is 4.79 Å². The van der Waals surface area contributed by atoms with Gasteiger partial charge in [0.2, 0.25) is 11.0 Å². The van der Waals surface area contributed by atoms with Crippen LogP contribution in [0.4, 0.5) is 10.8 Å². The number of carbonyl (C=O) groups is 1. The third kappa shape index (κ3) is 5.69. The number of nitrogens with one attached hydrogen (secondary N) is 2. The first kappa shape index (κ1) is 22.2. The molecule has 0 unspecified atom stereocenters. The summed E-state index contributed by atoms with van der Waals surface area (Å²) >= 11 is 2.73. The Kier molecular flexibility index (Phi) is 7.44. The number of rotatable bonds is 8. The molecule has 0 aliphatic rings. The molecule has 0 fully saturated rings. The molecule has 6 nitrogen and oxygen atoms in total. The highest BCUT2D eigenvalue weighted by Crippen LogP contribution is 2.31. The number of carbonyl (C=O) groups excluding carboxylic acids is 1. The van der Waals surface area contributed by atoms with Gasteiger partial charge in [0.05, 0.1) is 11.3 Å². The Balaban J connectivity index is 1.96. The van der Waals surface area contributed by atoms with Gasteiger partial charge in [0, 0.05) is 5.69 Å². The molecule has 0 saturated carbocycles. The van der Waals surface area contributed by atoms with E-state index in [1.165, 1.54) is 28.7 Å². The molecule has 1 aromatic heterocycles. The molecule has 0 aliphatic heterocycles. The molecule has 28 heavy (non-hydrogen) atoms. The Morgan fingerprint density at radius 2 is 1.82 bits per heavy atom. The van der Waals surface area contributed by atoms with Crippen molar-refractivity contribution in [2.24, 2.45) is 5.92 Å². The minimum Gasteiger partial charge on any atom is -0.337 e. The minimum absolute atomic E-state index is 0.0121. The van der Waals surface area contributed by atoms with Crippen LogP contribution in [0.15, 0.2) is 28.6 Å². The van der Waals surface area contributed by atoms with E-state index in [2.05, 4.69) is 52.9 Å². The number of thioether (sulfide) groups is 1. The first-order valence-corrected chi connectivity index (χ1v) is 10.9. The smallest absolute Gasteiger partial charge is 0.234 e. The minimum atomic E-state index is -0.887. The van der Waals surface area contributed by atoms with E-state index in [4.69, 9.17) is 0 Å². The number of aromatic nitrogens is 2. The van der Waals surface area contributed by atoms with Crippen molar-refractivity contribution in [3.8, 4) is 6.07 Å². The Morgan fingerprint density at radius 3 is 2.36 bits per heavy atom. The van der Waals surface area contributed by atoms with Gasteiger partial charge in [-0.25, -0.2) is 0 Å². The number of amides is 1. The van der Waals surface area contributed by atoms with Crippen LogP contribution in [-0.2, 0) is 4.79 Å². The van der Waals surface area contributed by atoms with Gasteiger partial charge in [0.15, 0.2) is 4.34 Å². The van der Waals surface area contributed by atoms with E-state index < -0.39 is 5.54 Å². The van der Waals surface area contributed by atoms with Crippen molar-refractivity contribution in [2.45, 2.75) is 62.6 Å². The van der Waals surface area contributed by atoms with Gasteiger partial charge in [0.25, 0.3) is 0 Å². The molecule has 2 N–H and O–H groups in total. The quantitative estimate of drug-likeness (QED) is 0.591. The second-order valence-corrected chi connectivity index (χ2v) is 10.1. The van der Waals surface area contributed by atoms with Crippen LogP contribution in [0.3, 0.4) is 0 Å². The van der Waals surface area contributed by atoms with Gasteiger partial charge >= 0.3 is 0 Å². The molecule has 2 rings (SSSR count). The fraction of sp³-hybridized carbons (Fsp3) is 0.500. The number of hydrogen-bond donors (Lipinski definition) is 2. The second kappa shape index (κ2) is 9.39. The standard InChI is InChI=1S/C20H27N5OS2/c1-12(2)15-7-9-16(10-8-15)22-18-24-25-19(28-18)27-14(5)17(26)23-20(6,11-21)13(3)4/h7-10,12-14H,1-6H3,(H,22,24)(H,23,26)/t14-,20+/m0/s1. The van der Waals surface area contributed by atoms with Crippen molar-refractivity contribution in [3.05, 3.63) is 29.8 Å². The maximum Gasteiger partial charge on any atom is 0.234 e. The van der Waals surface area contributed by atoms with Crippen LogP contribution >= 0.6 is 23.1 Å². The number of hydrogen-bond acceptors (Lipinski definition) is 7. The van der Waals surface area contributed by atoms with Crippen molar-refractivity contribution >= 4 is 39.8 Å². The fourth-order valence-electron chi connectivity index (χ4n) is 2.25. The lowest BCUT2D eigenvalue weighted by Crippen LogP contribution is -2.51. The molecular weight excluding hydrogens is 390 g/mol. The molecule has 1 aromatic carbocycles. The summed E-state index contributed by atoms with van der Waals surface area (Å²) in [6.45, 7) is 11.7. The normalized spacial score (nSPS) is 14.4. The Morgan fingerprint density at radius 1 is 1.18 bits per heavy atom. The monoisotopic (exact) mass is 417 g/mol. The van der Waals surface area contributed by atoms with Crippen LogP contribution in [0.5, 0.6) is 0 Å². The summed E-state index contributed by atoms with van der Waals surface area (Å²) in [5, 5.41) is 24.1. The van der Waals surface area contributed by atoms with Crippen LogP contribution in [0.1, 0.15) is 53.0 Å². The number of nitriles is 1. The van der Waals surface area contributed by atoms with Crippen molar-refractivity contribution in [1.82, 2.24) is 15.5 Å². The molecule has 0 saturated heterocycles. The van der Waals surface area contributed by atoms with Crippen LogP contribution in [0.25, 0.3) is 0 Å². The zero-order valence-electron chi connectivity index (χ0n) is 17.1. The molecule has 8 heteroatoms. The zero-order valence-corrected chi connectivity index (χ0v) is 18.7. The molecule has 1 heterocycles. The number of anilines is 2. The van der Waals surface area contributed by atoms with Gasteiger partial charge in [-0.1, -0.05) is 62.9 Å². The Bertz CT molecular complexity index is 841. The molecule has 150 valence electrons. The summed E-state index contributed by atoms with van der Waals surface area (Å²) in [7, 11) is 0. The van der Waals surface area contributed by atoms with Crippen LogP contribution < -0.4 is 10.6 Å². The van der Waals surface area contributed by atoms with E-state index in [9.17, 15) is 10.1 Å². The maximum atomic E-state index is 12.5. The summed E-state index contributed by atoms with van der Waals surface area (Å²) < 4.78 is 0.701. The highest BCUT2D eigenvalue weighted by Gasteiger charge is 2.32. The molecule has 2 aromatic rings. The van der Waals surface area contributed by atoms with Gasteiger partial charge < -0.3 is 10.6 Å². The van der Waals surface area contributed by atoms with E-state index in [0.717, 1.165) is 5.69 Å². The first-order valence-electron chi connectivity index (χ1n) is 9.25. The van der Waals surface area contributed by atoms with Crippen molar-refractivity contribution in [1.29, 1.82) is 5.26 Å². The van der Waals surface area contributed by atoms with Gasteiger partial charge in [-0.05, 0) is 43.4 Å². The van der Waals surface area contributed by atoms with Crippen LogP contribution in [0, 0.1) is 17.2 Å². The third-order valence-electron chi connectivity index (χ3n) is 4.65. The predicted octanol–water partition coefficient (Wildman–Crippen LogP) is 4.94. The summed E-state index contributed by atoms with van der Waals surface area (Å²) in [6.07, 6.45) is 0. The molecule has 0 radical (unpaired) electrons. The SMILES string of the molecule is CC(C)c1ccc(Nc2nnc(S[C@@H](C)C(=O)N[C@](C)(C#N)C(C)C)s2)cc1. The zero-order chi connectivity index (χ0) is 20.9. The van der Waals surface area contributed by atoms with Crippen LogP contribution in [0.2, 0.25) is 0 Å². The molecular formula is C20H27N5OS2. The topological polar surface area (TPSA) is 90.7 Å². The summed E-state index contributed by atoms with van der Waals surface area (Å²) in [5.74, 6) is 0.319. The van der Waals surface area contributed by atoms with E-state index >= 15 is 0 Å². The molecule has 0 bridgehead atoms. The fourth-order valence-corrected chi connectivity index (χ4v) is 4.16. The first-order chi connectivity index (χ1) is 13.1. The van der Waals surface area contributed by atoms with E-state index in [-0.39, 0.29) is 17.1 Å². The Labute approximate surface area is 175 Å². The average molecular weight is 418 g/mol. The van der Waals surface area contributed by atoms with Crippen LogP contribution in [-0.4, -0.2) is 26.9 Å². The van der Waals surface area contributed by atoms with Crippen molar-refractivity contribution in [3.63, 3.8) is 0 Å². The lowest BCUT2D eigenvalue weighted by molar-refractivity contribution is -0.121. The van der Waals surface area contributed by atoms with Gasteiger partial charge in [-0.3, -0.25) is 4.79 Å². The van der Waals surface area contributed by atoms with Gasteiger partial charge in [-0.15, -0.1) is 10.2 Å². The molecule has 2 atom stereocenters. The average Bonchev–Trinajstić information content (AvgIpc) is 3.08. The number of benzene rings is 1. The number of nitrogens with zero attached hydrogens (tertiary/aromatic N) is 3. The summed E-state index contributed by atoms with van der Waals surface area (Å²) in [5.41, 5.74) is 1.34. The molecule has 0 spiro atoms. The highest BCUT2D eigenvalue weighted by atomic mass is 32.2. The summed E-state index contributed by atoms with van der Waals surface area (Å²) in [6, 6.07) is 10.4. The lowest BCUT2D eigenvalue weighted by atomic mass is 9.90. The Hall–Kier alpha value is -2.11. The van der Waals surface area contributed by atoms with E-state index in [1.807, 2.05) is 26.0 Å². The highest BCUT2D eigenvalue weighted by molar-refractivity contribution is 8.02. The molecule has 1 amide bonds. The summed E-state index contributed by atoms with van der Waals surface area (Å²) in [4.78, 5) is 12.5. The maximum absolute atomic E-state index is 12.5. The van der Waals surface area contributed by atoms with E-state index in [1.54, 1.807) is 13.8 Å². The predicted molar refractivity (Wildman–Crippen MR) is 116 cm³/mol. The van der Waals surface area contributed by atoms with Gasteiger partial charge in [-0.2, -0.15) is 5.26 Å². The molecule has 0 aliphatic carbocycles. The van der Waals surface area contributed by atoms with E-state index in [0.29, 0.717) is 15.4 Å². The third-order valence-corrected chi connectivity index (χ3v) is 6.67.